The molecular weight excluding hydrogens is 334 g/mol. The number of nitrogens with zero attached hydrogens (tertiary/aromatic N) is 2. The molecule has 3 aromatic heterocycles. The van der Waals surface area contributed by atoms with E-state index < -0.39 is 5.91 Å². The number of aldehydes is 1. The lowest BCUT2D eigenvalue weighted by Crippen LogP contribution is -2.11. The summed E-state index contributed by atoms with van der Waals surface area (Å²) >= 11 is 0. The third-order valence-electron chi connectivity index (χ3n) is 4.37. The molecule has 0 spiro atoms. The molecule has 0 saturated carbocycles. The minimum absolute atomic E-state index is 0.371. The Morgan fingerprint density at radius 2 is 2.12 bits per heavy atom. The zero-order chi connectivity index (χ0) is 18.4. The Labute approximate surface area is 148 Å². The van der Waals surface area contributed by atoms with Gasteiger partial charge in [-0.05, 0) is 31.5 Å². The number of benzene rings is 1. The van der Waals surface area contributed by atoms with E-state index in [1.807, 2.05) is 6.92 Å². The number of aryl methyl sites for hydroxylation is 2. The molecule has 2 N–H and O–H groups in total. The van der Waals surface area contributed by atoms with Crippen molar-refractivity contribution in [2.24, 2.45) is 5.73 Å². The van der Waals surface area contributed by atoms with Crippen LogP contribution >= 0.6 is 0 Å². The van der Waals surface area contributed by atoms with Gasteiger partial charge in [0.2, 0.25) is 0 Å². The fraction of sp³-hybridized carbons (Fsp3) is 0.105. The van der Waals surface area contributed by atoms with Crippen molar-refractivity contribution in [1.82, 2.24) is 9.61 Å². The summed E-state index contributed by atoms with van der Waals surface area (Å²) in [6, 6.07) is 6.90. The number of primary amides is 1. The van der Waals surface area contributed by atoms with Crippen molar-refractivity contribution in [1.29, 1.82) is 0 Å². The highest BCUT2D eigenvalue weighted by molar-refractivity contribution is 6.06. The molecule has 0 unspecified atom stereocenters. The van der Waals surface area contributed by atoms with Gasteiger partial charge in [-0.25, -0.2) is 4.52 Å². The molecule has 0 saturated heterocycles. The smallest absolute Gasteiger partial charge is 0.252 e. The maximum absolute atomic E-state index is 11.6. The Balaban J connectivity index is 1.81. The van der Waals surface area contributed by atoms with E-state index in [0.29, 0.717) is 44.9 Å². The number of hydrogen-bond acceptors (Lipinski definition) is 5. The number of furan rings is 1. The molecule has 0 aliphatic rings. The molecule has 4 aromatic rings. The SMILES string of the molecule is Cc1oc2cc(Oc3ccnn4cc(C=O)c(C)c34)ccc2c1C(N)=O. The van der Waals surface area contributed by atoms with Gasteiger partial charge >= 0.3 is 0 Å². The topological polar surface area (TPSA) is 99.8 Å². The van der Waals surface area contributed by atoms with Gasteiger partial charge in [0.1, 0.15) is 22.6 Å². The number of hydrogen-bond donors (Lipinski definition) is 1. The summed E-state index contributed by atoms with van der Waals surface area (Å²) in [6.07, 6.45) is 4.04. The van der Waals surface area contributed by atoms with Crippen LogP contribution in [0.5, 0.6) is 11.5 Å². The molecule has 0 fully saturated rings. The van der Waals surface area contributed by atoms with Crippen LogP contribution < -0.4 is 10.5 Å². The molecular formula is C19H15N3O4. The van der Waals surface area contributed by atoms with Crippen molar-refractivity contribution >= 4 is 28.7 Å². The lowest BCUT2D eigenvalue weighted by molar-refractivity contribution is 0.0999. The van der Waals surface area contributed by atoms with Crippen LogP contribution in [0.15, 0.2) is 41.1 Å². The number of nitrogens with two attached hydrogens (primary N) is 1. The van der Waals surface area contributed by atoms with Gasteiger partial charge < -0.3 is 14.9 Å². The Kier molecular flexibility index (Phi) is 3.50. The van der Waals surface area contributed by atoms with Crippen molar-refractivity contribution in [3.63, 3.8) is 0 Å². The molecule has 0 bridgehead atoms. The third-order valence-corrected chi connectivity index (χ3v) is 4.37. The number of carbonyl (C=O) groups is 2. The molecule has 7 heteroatoms. The summed E-state index contributed by atoms with van der Waals surface area (Å²) in [4.78, 5) is 22.8. The summed E-state index contributed by atoms with van der Waals surface area (Å²) < 4.78 is 13.2. The van der Waals surface area contributed by atoms with Gasteiger partial charge in [-0.2, -0.15) is 5.10 Å². The molecule has 130 valence electrons. The molecule has 0 radical (unpaired) electrons. The molecule has 4 rings (SSSR count). The number of amides is 1. The second kappa shape index (κ2) is 5.73. The van der Waals surface area contributed by atoms with Crippen LogP contribution in [-0.4, -0.2) is 21.8 Å². The van der Waals surface area contributed by atoms with E-state index >= 15 is 0 Å². The van der Waals surface area contributed by atoms with Crippen LogP contribution in [0, 0.1) is 13.8 Å². The van der Waals surface area contributed by atoms with Gasteiger partial charge in [0.15, 0.2) is 12.0 Å². The van der Waals surface area contributed by atoms with Crippen molar-refractivity contribution in [3.8, 4) is 11.5 Å². The first-order chi connectivity index (χ1) is 12.5. The summed E-state index contributed by atoms with van der Waals surface area (Å²) in [7, 11) is 0. The first kappa shape index (κ1) is 15.9. The number of rotatable bonds is 4. The second-order valence-electron chi connectivity index (χ2n) is 5.97. The van der Waals surface area contributed by atoms with Gasteiger partial charge in [-0.3, -0.25) is 9.59 Å². The predicted molar refractivity (Wildman–Crippen MR) is 94.9 cm³/mol. The van der Waals surface area contributed by atoms with Crippen LogP contribution in [0.1, 0.15) is 32.0 Å². The number of carbonyl (C=O) groups excluding carboxylic acids is 2. The highest BCUT2D eigenvalue weighted by atomic mass is 16.5. The molecule has 0 atom stereocenters. The summed E-state index contributed by atoms with van der Waals surface area (Å²) in [5, 5.41) is 4.85. The van der Waals surface area contributed by atoms with Crippen LogP contribution in [-0.2, 0) is 0 Å². The van der Waals surface area contributed by atoms with Gasteiger partial charge in [-0.15, -0.1) is 0 Å². The third kappa shape index (κ3) is 2.33. The summed E-state index contributed by atoms with van der Waals surface area (Å²) in [6.45, 7) is 3.53. The number of fused-ring (bicyclic) bond motifs is 2. The first-order valence-electron chi connectivity index (χ1n) is 7.92. The zero-order valence-electron chi connectivity index (χ0n) is 14.1. The van der Waals surface area contributed by atoms with E-state index in [4.69, 9.17) is 14.9 Å². The quantitative estimate of drug-likeness (QED) is 0.569. The predicted octanol–water partition coefficient (Wildman–Crippen LogP) is 3.40. The monoisotopic (exact) mass is 349 g/mol. The fourth-order valence-electron chi connectivity index (χ4n) is 3.14. The minimum Gasteiger partial charge on any atom is -0.460 e. The lowest BCUT2D eigenvalue weighted by Gasteiger charge is -2.08. The van der Waals surface area contributed by atoms with Gasteiger partial charge in [-0.1, -0.05) is 0 Å². The highest BCUT2D eigenvalue weighted by Gasteiger charge is 2.17. The Morgan fingerprint density at radius 1 is 1.31 bits per heavy atom. The maximum atomic E-state index is 11.6. The van der Waals surface area contributed by atoms with E-state index in [-0.39, 0.29) is 0 Å². The Morgan fingerprint density at radius 3 is 2.85 bits per heavy atom. The van der Waals surface area contributed by atoms with Crippen LogP contribution in [0.2, 0.25) is 0 Å². The van der Waals surface area contributed by atoms with Crippen LogP contribution in [0.25, 0.3) is 16.5 Å². The minimum atomic E-state index is -0.532. The van der Waals surface area contributed by atoms with E-state index in [0.717, 1.165) is 11.8 Å². The highest BCUT2D eigenvalue weighted by Crippen LogP contribution is 2.33. The molecule has 1 aromatic carbocycles. The molecule has 26 heavy (non-hydrogen) atoms. The fourth-order valence-corrected chi connectivity index (χ4v) is 3.14. The summed E-state index contributed by atoms with van der Waals surface area (Å²) in [5.41, 5.74) is 8.35. The lowest BCUT2D eigenvalue weighted by atomic mass is 10.1. The Bertz CT molecular complexity index is 1190. The maximum Gasteiger partial charge on any atom is 0.252 e. The largest absolute Gasteiger partial charge is 0.460 e. The average molecular weight is 349 g/mol. The number of ether oxygens (including phenoxy) is 1. The standard InChI is InChI=1S/C19H15N3O4/c1-10-12(9-23)8-22-18(10)15(5-6-21-22)26-13-3-4-14-16(7-13)25-11(2)17(14)19(20)24/h3-9H,1-2H3,(H2,20,24). The van der Waals surface area contributed by atoms with Gasteiger partial charge in [0, 0.05) is 29.3 Å². The van der Waals surface area contributed by atoms with E-state index in [1.165, 1.54) is 0 Å². The van der Waals surface area contributed by atoms with Crippen LogP contribution in [0.4, 0.5) is 0 Å². The van der Waals surface area contributed by atoms with Crippen LogP contribution in [0.3, 0.4) is 0 Å². The summed E-state index contributed by atoms with van der Waals surface area (Å²) in [5.74, 6) is 1.02. The normalized spacial score (nSPS) is 11.2. The molecule has 0 aliphatic heterocycles. The zero-order valence-corrected chi connectivity index (χ0v) is 14.1. The van der Waals surface area contributed by atoms with E-state index in [9.17, 15) is 9.59 Å². The van der Waals surface area contributed by atoms with Gasteiger partial charge in [0.05, 0.1) is 11.8 Å². The Hall–Kier alpha value is -3.61. The first-order valence-corrected chi connectivity index (χ1v) is 7.92. The molecule has 1 amide bonds. The van der Waals surface area contributed by atoms with E-state index in [1.54, 1.807) is 48.1 Å². The van der Waals surface area contributed by atoms with Crippen molar-refractivity contribution in [2.45, 2.75) is 13.8 Å². The van der Waals surface area contributed by atoms with Crippen molar-refractivity contribution in [3.05, 3.63) is 59.1 Å². The van der Waals surface area contributed by atoms with Crippen molar-refractivity contribution in [2.75, 3.05) is 0 Å². The van der Waals surface area contributed by atoms with Gasteiger partial charge in [0.25, 0.3) is 5.91 Å². The average Bonchev–Trinajstić information content (AvgIpc) is 3.11. The molecule has 3 heterocycles. The molecule has 0 aliphatic carbocycles. The molecule has 7 nitrogen and oxygen atoms in total. The number of aromatic nitrogens is 2. The van der Waals surface area contributed by atoms with Crippen molar-refractivity contribution < 1.29 is 18.7 Å². The second-order valence-corrected chi connectivity index (χ2v) is 5.97. The van der Waals surface area contributed by atoms with E-state index in [2.05, 4.69) is 5.10 Å².